The van der Waals surface area contributed by atoms with Crippen LogP contribution in [0.15, 0.2) is 0 Å². The summed E-state index contributed by atoms with van der Waals surface area (Å²) >= 11 is 0. The zero-order chi connectivity index (χ0) is 14.8. The van der Waals surface area contributed by atoms with Gasteiger partial charge in [-0.15, -0.1) is 0 Å². The van der Waals surface area contributed by atoms with E-state index in [1.807, 2.05) is 13.8 Å². The lowest BCUT2D eigenvalue weighted by Gasteiger charge is -2.61. The van der Waals surface area contributed by atoms with Gasteiger partial charge in [0.15, 0.2) is 0 Å². The SMILES string of the molecule is CCCCC12C(=O)OC1(C)CCCC2CC(=O)OCC. The summed E-state index contributed by atoms with van der Waals surface area (Å²) in [6.07, 6.45) is 6.10. The lowest BCUT2D eigenvalue weighted by molar-refractivity contribution is -0.266. The molecule has 3 atom stereocenters. The number of rotatable bonds is 6. The van der Waals surface area contributed by atoms with Crippen LogP contribution in [0.5, 0.6) is 0 Å². The Morgan fingerprint density at radius 3 is 2.80 bits per heavy atom. The first-order chi connectivity index (χ1) is 9.50. The van der Waals surface area contributed by atoms with E-state index < -0.39 is 5.41 Å². The van der Waals surface area contributed by atoms with Crippen molar-refractivity contribution in [2.45, 2.75) is 71.3 Å². The quantitative estimate of drug-likeness (QED) is 0.702. The molecule has 0 aromatic heterocycles. The summed E-state index contributed by atoms with van der Waals surface area (Å²) in [4.78, 5) is 24.1. The standard InChI is InChI=1S/C16H26O4/c1-4-6-10-16-12(11-13(17)19-5-2)8-7-9-15(16,3)20-14(16)18/h12H,4-11H2,1-3H3. The predicted molar refractivity (Wildman–Crippen MR) is 75.0 cm³/mol. The van der Waals surface area contributed by atoms with Crippen LogP contribution in [0.2, 0.25) is 0 Å². The van der Waals surface area contributed by atoms with Gasteiger partial charge in [-0.2, -0.15) is 0 Å². The molecule has 4 nitrogen and oxygen atoms in total. The molecule has 0 aromatic carbocycles. The van der Waals surface area contributed by atoms with Crippen LogP contribution >= 0.6 is 0 Å². The Hall–Kier alpha value is -1.06. The molecule has 2 rings (SSSR count). The van der Waals surface area contributed by atoms with Gasteiger partial charge in [0.1, 0.15) is 11.0 Å². The van der Waals surface area contributed by atoms with E-state index in [0.717, 1.165) is 38.5 Å². The second kappa shape index (κ2) is 5.74. The number of ether oxygens (including phenoxy) is 2. The van der Waals surface area contributed by atoms with E-state index in [2.05, 4.69) is 6.92 Å². The molecular formula is C16H26O4. The lowest BCUT2D eigenvalue weighted by Crippen LogP contribution is -2.70. The smallest absolute Gasteiger partial charge is 0.317 e. The van der Waals surface area contributed by atoms with Crippen molar-refractivity contribution in [3.63, 3.8) is 0 Å². The molecule has 0 radical (unpaired) electrons. The van der Waals surface area contributed by atoms with Crippen molar-refractivity contribution in [3.05, 3.63) is 0 Å². The van der Waals surface area contributed by atoms with Gasteiger partial charge in [-0.1, -0.05) is 19.8 Å². The number of carbonyl (C=O) groups excluding carboxylic acids is 2. The van der Waals surface area contributed by atoms with Gasteiger partial charge < -0.3 is 9.47 Å². The number of esters is 2. The normalized spacial score (nSPS) is 35.8. The first-order valence-electron chi connectivity index (χ1n) is 7.89. The summed E-state index contributed by atoms with van der Waals surface area (Å²) in [6, 6.07) is 0. The first kappa shape index (κ1) is 15.3. The first-order valence-corrected chi connectivity index (χ1v) is 7.89. The molecule has 3 unspecified atom stereocenters. The predicted octanol–water partition coefficient (Wildman–Crippen LogP) is 3.23. The van der Waals surface area contributed by atoms with Crippen molar-refractivity contribution in [2.75, 3.05) is 6.61 Å². The number of unbranched alkanes of at least 4 members (excludes halogenated alkanes) is 1. The molecule has 1 heterocycles. The summed E-state index contributed by atoms with van der Waals surface area (Å²) in [5.74, 6) is -0.201. The zero-order valence-corrected chi connectivity index (χ0v) is 12.9. The van der Waals surface area contributed by atoms with E-state index in [4.69, 9.17) is 9.47 Å². The summed E-state index contributed by atoms with van der Waals surface area (Å²) in [7, 11) is 0. The third-order valence-electron chi connectivity index (χ3n) is 5.17. The minimum atomic E-state index is -0.450. The minimum absolute atomic E-state index is 0.0769. The molecule has 0 N–H and O–H groups in total. The Bertz CT molecular complexity index is 392. The topological polar surface area (TPSA) is 52.6 Å². The van der Waals surface area contributed by atoms with Crippen LogP contribution in [0.3, 0.4) is 0 Å². The molecule has 2 fully saturated rings. The van der Waals surface area contributed by atoms with E-state index >= 15 is 0 Å². The van der Waals surface area contributed by atoms with Crippen molar-refractivity contribution in [1.29, 1.82) is 0 Å². The minimum Gasteiger partial charge on any atom is -0.466 e. The average molecular weight is 282 g/mol. The molecule has 1 saturated carbocycles. The highest BCUT2D eigenvalue weighted by Crippen LogP contribution is 2.61. The summed E-state index contributed by atoms with van der Waals surface area (Å²) in [6.45, 7) is 6.38. The second-order valence-corrected chi connectivity index (χ2v) is 6.29. The Labute approximate surface area is 121 Å². The van der Waals surface area contributed by atoms with E-state index in [1.165, 1.54) is 0 Å². The molecule has 20 heavy (non-hydrogen) atoms. The molecule has 1 aliphatic carbocycles. The van der Waals surface area contributed by atoms with Crippen molar-refractivity contribution in [1.82, 2.24) is 0 Å². The van der Waals surface area contributed by atoms with Crippen molar-refractivity contribution < 1.29 is 19.1 Å². The summed E-state index contributed by atoms with van der Waals surface area (Å²) in [5, 5.41) is 0. The highest BCUT2D eigenvalue weighted by atomic mass is 16.6. The Kier molecular flexibility index (Phi) is 4.40. The number of hydrogen-bond donors (Lipinski definition) is 0. The summed E-state index contributed by atoms with van der Waals surface area (Å²) < 4.78 is 10.6. The van der Waals surface area contributed by atoms with Gasteiger partial charge in [-0.05, 0) is 45.4 Å². The second-order valence-electron chi connectivity index (χ2n) is 6.29. The van der Waals surface area contributed by atoms with E-state index in [0.29, 0.717) is 13.0 Å². The van der Waals surface area contributed by atoms with Crippen molar-refractivity contribution in [2.24, 2.45) is 11.3 Å². The van der Waals surface area contributed by atoms with E-state index in [-0.39, 0.29) is 23.5 Å². The van der Waals surface area contributed by atoms with E-state index in [1.54, 1.807) is 0 Å². The molecule has 2 aliphatic rings. The van der Waals surface area contributed by atoms with Crippen LogP contribution in [0.4, 0.5) is 0 Å². The van der Waals surface area contributed by atoms with Crippen LogP contribution in [0.1, 0.15) is 65.7 Å². The maximum absolute atomic E-state index is 12.3. The van der Waals surface area contributed by atoms with Gasteiger partial charge >= 0.3 is 11.9 Å². The van der Waals surface area contributed by atoms with Crippen LogP contribution in [-0.2, 0) is 19.1 Å². The lowest BCUT2D eigenvalue weighted by atomic mass is 9.52. The molecule has 4 heteroatoms. The fourth-order valence-electron chi connectivity index (χ4n) is 4.08. The van der Waals surface area contributed by atoms with Gasteiger partial charge in [0.2, 0.25) is 0 Å². The van der Waals surface area contributed by atoms with Gasteiger partial charge in [0.25, 0.3) is 0 Å². The largest absolute Gasteiger partial charge is 0.466 e. The fraction of sp³-hybridized carbons (Fsp3) is 0.875. The Morgan fingerprint density at radius 2 is 2.20 bits per heavy atom. The van der Waals surface area contributed by atoms with Crippen LogP contribution in [0.25, 0.3) is 0 Å². The molecule has 1 aliphatic heterocycles. The molecule has 114 valence electrons. The maximum atomic E-state index is 12.3. The van der Waals surface area contributed by atoms with Gasteiger partial charge in [0, 0.05) is 6.42 Å². The van der Waals surface area contributed by atoms with Crippen LogP contribution < -0.4 is 0 Å². The highest BCUT2D eigenvalue weighted by molar-refractivity contribution is 5.86. The van der Waals surface area contributed by atoms with Crippen LogP contribution in [-0.4, -0.2) is 24.1 Å². The van der Waals surface area contributed by atoms with E-state index in [9.17, 15) is 9.59 Å². The third-order valence-corrected chi connectivity index (χ3v) is 5.17. The monoisotopic (exact) mass is 282 g/mol. The Balaban J connectivity index is 2.19. The van der Waals surface area contributed by atoms with Gasteiger partial charge in [-0.3, -0.25) is 9.59 Å². The molecular weight excluding hydrogens is 256 g/mol. The number of carbonyl (C=O) groups is 2. The Morgan fingerprint density at radius 1 is 1.45 bits per heavy atom. The fourth-order valence-corrected chi connectivity index (χ4v) is 4.08. The number of fused-ring (bicyclic) bond motifs is 1. The van der Waals surface area contributed by atoms with Crippen LogP contribution in [0, 0.1) is 11.3 Å². The van der Waals surface area contributed by atoms with Gasteiger partial charge in [-0.25, -0.2) is 0 Å². The molecule has 1 saturated heterocycles. The molecule has 0 spiro atoms. The van der Waals surface area contributed by atoms with Gasteiger partial charge in [0.05, 0.1) is 6.61 Å². The molecule has 0 aromatic rings. The summed E-state index contributed by atoms with van der Waals surface area (Å²) in [5.41, 5.74) is -0.817. The number of hydrogen-bond acceptors (Lipinski definition) is 4. The van der Waals surface area contributed by atoms with Crippen molar-refractivity contribution >= 4 is 11.9 Å². The highest BCUT2D eigenvalue weighted by Gasteiger charge is 2.70. The zero-order valence-electron chi connectivity index (χ0n) is 12.9. The molecule has 0 bridgehead atoms. The average Bonchev–Trinajstić information content (AvgIpc) is 2.38. The third kappa shape index (κ3) is 2.23. The molecule has 0 amide bonds. The maximum Gasteiger partial charge on any atom is 0.317 e. The van der Waals surface area contributed by atoms with Crippen molar-refractivity contribution in [3.8, 4) is 0 Å².